The Morgan fingerprint density at radius 1 is 1.33 bits per heavy atom. The number of hydrogen-bond donors (Lipinski definition) is 0. The first-order chi connectivity index (χ1) is 5.77. The van der Waals surface area contributed by atoms with Crippen LogP contribution >= 0.6 is 11.6 Å². The topological polar surface area (TPSA) is 25.8 Å². The lowest BCUT2D eigenvalue weighted by Crippen LogP contribution is -1.85. The van der Waals surface area contributed by atoms with E-state index < -0.39 is 0 Å². The number of hydrogen-bond acceptors (Lipinski definition) is 2. The highest BCUT2D eigenvalue weighted by molar-refractivity contribution is 6.31. The number of rotatable bonds is 0. The van der Waals surface area contributed by atoms with Crippen molar-refractivity contribution < 1.29 is 0 Å². The second kappa shape index (κ2) is 2.72. The molecule has 0 unspecified atom stereocenters. The normalized spacial score (nSPS) is 10.5. The number of fused-ring (bicyclic) bond motifs is 1. The number of benzene rings is 1. The van der Waals surface area contributed by atoms with E-state index in [2.05, 4.69) is 10.2 Å². The SMILES string of the molecule is Cc1cnnc2ccc(Cl)cc12. The van der Waals surface area contributed by atoms with Gasteiger partial charge in [-0.3, -0.25) is 0 Å². The molecule has 3 heteroatoms. The third kappa shape index (κ3) is 1.14. The predicted octanol–water partition coefficient (Wildman–Crippen LogP) is 2.59. The number of nitrogens with zero attached hydrogens (tertiary/aromatic N) is 2. The van der Waals surface area contributed by atoms with E-state index in [0.717, 1.165) is 21.5 Å². The molecule has 0 N–H and O–H groups in total. The highest BCUT2D eigenvalue weighted by Crippen LogP contribution is 2.19. The molecule has 0 saturated carbocycles. The maximum Gasteiger partial charge on any atom is 0.0933 e. The van der Waals surface area contributed by atoms with Crippen molar-refractivity contribution in [1.82, 2.24) is 10.2 Å². The molecule has 1 aromatic carbocycles. The zero-order valence-electron chi connectivity index (χ0n) is 6.58. The quantitative estimate of drug-likeness (QED) is 0.620. The summed E-state index contributed by atoms with van der Waals surface area (Å²) < 4.78 is 0. The smallest absolute Gasteiger partial charge is 0.0933 e. The van der Waals surface area contributed by atoms with Gasteiger partial charge in [0.25, 0.3) is 0 Å². The van der Waals surface area contributed by atoms with Crippen LogP contribution in [0.4, 0.5) is 0 Å². The minimum atomic E-state index is 0.735. The molecule has 60 valence electrons. The molecule has 0 fully saturated rings. The Labute approximate surface area is 75.2 Å². The van der Waals surface area contributed by atoms with Gasteiger partial charge in [0.1, 0.15) is 0 Å². The Kier molecular flexibility index (Phi) is 1.70. The second-order valence-electron chi connectivity index (χ2n) is 2.69. The summed E-state index contributed by atoms with van der Waals surface area (Å²) in [6.45, 7) is 1.99. The minimum Gasteiger partial charge on any atom is -0.158 e. The summed E-state index contributed by atoms with van der Waals surface area (Å²) in [4.78, 5) is 0. The fourth-order valence-electron chi connectivity index (χ4n) is 1.16. The standard InChI is InChI=1S/C9H7ClN2/c1-6-5-11-12-9-3-2-7(10)4-8(6)9/h2-5H,1H3. The molecule has 0 aliphatic rings. The van der Waals surface area contributed by atoms with Gasteiger partial charge < -0.3 is 0 Å². The molecule has 2 rings (SSSR count). The lowest BCUT2D eigenvalue weighted by Gasteiger charge is -1.98. The van der Waals surface area contributed by atoms with Gasteiger partial charge in [0.15, 0.2) is 0 Å². The summed E-state index contributed by atoms with van der Waals surface area (Å²) in [6, 6.07) is 5.59. The molecular formula is C9H7ClN2. The van der Waals surface area contributed by atoms with Gasteiger partial charge in [-0.05, 0) is 30.7 Å². The Balaban J connectivity index is 2.88. The maximum absolute atomic E-state index is 5.84. The van der Waals surface area contributed by atoms with Crippen molar-refractivity contribution in [2.45, 2.75) is 6.92 Å². The molecular weight excluding hydrogens is 172 g/mol. The van der Waals surface area contributed by atoms with Gasteiger partial charge in [0.05, 0.1) is 11.7 Å². The van der Waals surface area contributed by atoms with Crippen LogP contribution in [0, 0.1) is 6.92 Å². The monoisotopic (exact) mass is 178 g/mol. The summed E-state index contributed by atoms with van der Waals surface area (Å²) in [5.74, 6) is 0. The summed E-state index contributed by atoms with van der Waals surface area (Å²) in [5, 5.41) is 9.63. The van der Waals surface area contributed by atoms with Gasteiger partial charge in [-0.2, -0.15) is 10.2 Å². The zero-order chi connectivity index (χ0) is 8.55. The van der Waals surface area contributed by atoms with E-state index in [1.54, 1.807) is 6.20 Å². The van der Waals surface area contributed by atoms with E-state index in [9.17, 15) is 0 Å². The van der Waals surface area contributed by atoms with E-state index in [-0.39, 0.29) is 0 Å². The van der Waals surface area contributed by atoms with Crippen LogP contribution in [0.2, 0.25) is 5.02 Å². The molecule has 0 spiro atoms. The van der Waals surface area contributed by atoms with Gasteiger partial charge >= 0.3 is 0 Å². The third-order valence-electron chi connectivity index (χ3n) is 1.80. The van der Waals surface area contributed by atoms with Gasteiger partial charge in [0, 0.05) is 10.4 Å². The molecule has 12 heavy (non-hydrogen) atoms. The van der Waals surface area contributed by atoms with E-state index in [1.165, 1.54) is 0 Å². The molecule has 0 bridgehead atoms. The van der Waals surface area contributed by atoms with E-state index in [4.69, 9.17) is 11.6 Å². The summed E-state index contributed by atoms with van der Waals surface area (Å²) >= 11 is 5.84. The molecule has 2 aromatic rings. The van der Waals surface area contributed by atoms with Crippen molar-refractivity contribution in [3.05, 3.63) is 35.0 Å². The predicted molar refractivity (Wildman–Crippen MR) is 49.3 cm³/mol. The average Bonchev–Trinajstić information content (AvgIpc) is 2.07. The molecule has 0 atom stereocenters. The van der Waals surface area contributed by atoms with Crippen LogP contribution in [-0.4, -0.2) is 10.2 Å². The van der Waals surface area contributed by atoms with Crippen molar-refractivity contribution in [3.8, 4) is 0 Å². The Bertz CT molecular complexity index is 426. The lowest BCUT2D eigenvalue weighted by molar-refractivity contribution is 1.06. The molecule has 1 aromatic heterocycles. The Hall–Kier alpha value is -1.15. The van der Waals surface area contributed by atoms with E-state index in [1.807, 2.05) is 25.1 Å². The maximum atomic E-state index is 5.84. The Morgan fingerprint density at radius 2 is 2.17 bits per heavy atom. The van der Waals surface area contributed by atoms with Crippen molar-refractivity contribution in [2.75, 3.05) is 0 Å². The molecule has 0 radical (unpaired) electrons. The second-order valence-corrected chi connectivity index (χ2v) is 3.13. The highest BCUT2D eigenvalue weighted by Gasteiger charge is 1.98. The van der Waals surface area contributed by atoms with Gasteiger partial charge in [-0.25, -0.2) is 0 Å². The lowest BCUT2D eigenvalue weighted by atomic mass is 10.1. The van der Waals surface area contributed by atoms with E-state index >= 15 is 0 Å². The largest absolute Gasteiger partial charge is 0.158 e. The molecule has 1 heterocycles. The third-order valence-corrected chi connectivity index (χ3v) is 2.04. The van der Waals surface area contributed by atoms with E-state index in [0.29, 0.717) is 0 Å². The molecule has 0 aliphatic carbocycles. The Morgan fingerprint density at radius 3 is 3.00 bits per heavy atom. The first-order valence-electron chi connectivity index (χ1n) is 3.65. The fraction of sp³-hybridized carbons (Fsp3) is 0.111. The van der Waals surface area contributed by atoms with Crippen LogP contribution in [0.1, 0.15) is 5.56 Å². The summed E-state index contributed by atoms with van der Waals surface area (Å²) in [5.41, 5.74) is 1.99. The first-order valence-corrected chi connectivity index (χ1v) is 4.03. The van der Waals surface area contributed by atoms with Crippen LogP contribution in [0.25, 0.3) is 10.9 Å². The molecule has 2 nitrogen and oxygen atoms in total. The molecule has 0 saturated heterocycles. The highest BCUT2D eigenvalue weighted by atomic mass is 35.5. The number of halogens is 1. The van der Waals surface area contributed by atoms with Crippen LogP contribution in [-0.2, 0) is 0 Å². The van der Waals surface area contributed by atoms with Crippen LogP contribution < -0.4 is 0 Å². The molecule has 0 amide bonds. The minimum absolute atomic E-state index is 0.735. The number of aromatic nitrogens is 2. The fourth-order valence-corrected chi connectivity index (χ4v) is 1.33. The van der Waals surface area contributed by atoms with Crippen molar-refractivity contribution in [2.24, 2.45) is 0 Å². The van der Waals surface area contributed by atoms with Gasteiger partial charge in [-0.15, -0.1) is 0 Å². The van der Waals surface area contributed by atoms with Crippen LogP contribution in [0.5, 0.6) is 0 Å². The number of aryl methyl sites for hydroxylation is 1. The van der Waals surface area contributed by atoms with Crippen LogP contribution in [0.15, 0.2) is 24.4 Å². The van der Waals surface area contributed by atoms with Gasteiger partial charge in [0.2, 0.25) is 0 Å². The van der Waals surface area contributed by atoms with Gasteiger partial charge in [-0.1, -0.05) is 11.6 Å². The van der Waals surface area contributed by atoms with Crippen molar-refractivity contribution in [3.63, 3.8) is 0 Å². The summed E-state index contributed by atoms with van der Waals surface area (Å²) in [7, 11) is 0. The average molecular weight is 179 g/mol. The summed E-state index contributed by atoms with van der Waals surface area (Å²) in [6.07, 6.45) is 1.73. The molecule has 0 aliphatic heterocycles. The zero-order valence-corrected chi connectivity index (χ0v) is 7.34. The van der Waals surface area contributed by atoms with Crippen molar-refractivity contribution >= 4 is 22.5 Å². The van der Waals surface area contributed by atoms with Crippen molar-refractivity contribution in [1.29, 1.82) is 0 Å². The van der Waals surface area contributed by atoms with Crippen LogP contribution in [0.3, 0.4) is 0 Å². The first kappa shape index (κ1) is 7.50.